The topological polar surface area (TPSA) is 76.5 Å². The third kappa shape index (κ3) is 3.12. The predicted octanol–water partition coefficient (Wildman–Crippen LogP) is 2.28. The Kier molecular flexibility index (Phi) is 5.05. The number of ether oxygens (including phenoxy) is 1. The number of carboxylic acids is 1. The highest BCUT2D eigenvalue weighted by Gasteiger charge is 2.51. The Balaban J connectivity index is 3.16. The van der Waals surface area contributed by atoms with Crippen molar-refractivity contribution in [2.45, 2.75) is 34.1 Å². The Morgan fingerprint density at radius 1 is 1.53 bits per heavy atom. The van der Waals surface area contributed by atoms with Gasteiger partial charge in [0.15, 0.2) is 5.41 Å². The van der Waals surface area contributed by atoms with Crippen molar-refractivity contribution < 1.29 is 19.4 Å². The van der Waals surface area contributed by atoms with E-state index >= 15 is 0 Å². The summed E-state index contributed by atoms with van der Waals surface area (Å²) in [6, 6.07) is 0. The molecule has 1 aromatic heterocycles. The summed E-state index contributed by atoms with van der Waals surface area (Å²) in [5.41, 5.74) is -0.956. The minimum absolute atomic E-state index is 0.0587. The van der Waals surface area contributed by atoms with Gasteiger partial charge in [-0.2, -0.15) is 0 Å². The van der Waals surface area contributed by atoms with Gasteiger partial charge in [-0.1, -0.05) is 13.8 Å². The van der Waals surface area contributed by atoms with Gasteiger partial charge in [-0.05, 0) is 19.8 Å². The fourth-order valence-electron chi connectivity index (χ4n) is 1.96. The average Bonchev–Trinajstić information content (AvgIpc) is 2.70. The highest BCUT2D eigenvalue weighted by atomic mass is 32.1. The van der Waals surface area contributed by atoms with Gasteiger partial charge < -0.3 is 9.84 Å². The molecule has 106 valence electrons. The summed E-state index contributed by atoms with van der Waals surface area (Å²) in [5, 5.41) is 12.2. The van der Waals surface area contributed by atoms with E-state index in [-0.39, 0.29) is 18.9 Å². The molecule has 19 heavy (non-hydrogen) atoms. The van der Waals surface area contributed by atoms with Crippen LogP contribution in [0.5, 0.6) is 0 Å². The van der Waals surface area contributed by atoms with Crippen LogP contribution in [0, 0.1) is 18.3 Å². The van der Waals surface area contributed by atoms with E-state index in [9.17, 15) is 14.7 Å². The molecule has 1 unspecified atom stereocenters. The molecule has 0 amide bonds. The van der Waals surface area contributed by atoms with Crippen LogP contribution < -0.4 is 0 Å². The van der Waals surface area contributed by atoms with Crippen molar-refractivity contribution >= 4 is 23.3 Å². The number of esters is 1. The first-order valence-electron chi connectivity index (χ1n) is 6.16. The Bertz CT molecular complexity index is 469. The molecule has 0 aliphatic carbocycles. The van der Waals surface area contributed by atoms with Crippen molar-refractivity contribution in [2.24, 2.45) is 11.3 Å². The second kappa shape index (κ2) is 6.14. The van der Waals surface area contributed by atoms with E-state index in [1.807, 2.05) is 6.92 Å². The van der Waals surface area contributed by atoms with Crippen molar-refractivity contribution in [1.29, 1.82) is 0 Å². The number of carbonyl (C=O) groups is 2. The molecule has 0 fully saturated rings. The molecular weight excluding hydrogens is 266 g/mol. The lowest BCUT2D eigenvalue weighted by Gasteiger charge is -2.30. The number of thiazole rings is 1. The Morgan fingerprint density at radius 3 is 2.53 bits per heavy atom. The largest absolute Gasteiger partial charge is 0.480 e. The molecule has 1 N–H and O–H groups in total. The van der Waals surface area contributed by atoms with Crippen LogP contribution in [0.1, 0.15) is 31.5 Å². The van der Waals surface area contributed by atoms with Crippen LogP contribution in [-0.2, 0) is 20.7 Å². The smallest absolute Gasteiger partial charge is 0.324 e. The molecule has 0 spiro atoms. The fraction of sp³-hybridized carbons (Fsp3) is 0.615. The van der Waals surface area contributed by atoms with Gasteiger partial charge in [0.1, 0.15) is 0 Å². The lowest BCUT2D eigenvalue weighted by atomic mass is 9.73. The van der Waals surface area contributed by atoms with Gasteiger partial charge in [-0.25, -0.2) is 4.98 Å². The SMILES string of the molecule is CCOC(=O)C(Cc1csc(C)n1)(C(=O)O)C(C)C. The monoisotopic (exact) mass is 285 g/mol. The summed E-state index contributed by atoms with van der Waals surface area (Å²) >= 11 is 1.44. The third-order valence-electron chi connectivity index (χ3n) is 3.13. The number of aryl methyl sites for hydroxylation is 1. The molecule has 0 radical (unpaired) electrons. The molecule has 1 aromatic rings. The van der Waals surface area contributed by atoms with Gasteiger partial charge in [-0.3, -0.25) is 9.59 Å². The number of hydrogen-bond acceptors (Lipinski definition) is 5. The molecule has 1 rings (SSSR count). The van der Waals surface area contributed by atoms with Gasteiger partial charge in [0.25, 0.3) is 0 Å². The Morgan fingerprint density at radius 2 is 2.16 bits per heavy atom. The van der Waals surface area contributed by atoms with E-state index < -0.39 is 17.4 Å². The van der Waals surface area contributed by atoms with Crippen LogP contribution in [0.15, 0.2) is 5.38 Å². The highest BCUT2D eigenvalue weighted by molar-refractivity contribution is 7.09. The summed E-state index contributed by atoms with van der Waals surface area (Å²) in [6.45, 7) is 7.10. The number of aliphatic carboxylic acids is 1. The number of hydrogen-bond donors (Lipinski definition) is 1. The first kappa shape index (κ1) is 15.6. The second-order valence-electron chi connectivity index (χ2n) is 4.69. The maximum atomic E-state index is 12.1. The van der Waals surface area contributed by atoms with Gasteiger partial charge in [0.05, 0.1) is 17.3 Å². The molecule has 1 heterocycles. The summed E-state index contributed by atoms with van der Waals surface area (Å²) < 4.78 is 4.96. The van der Waals surface area contributed by atoms with Crippen LogP contribution in [-0.4, -0.2) is 28.6 Å². The first-order valence-corrected chi connectivity index (χ1v) is 7.04. The molecule has 5 nitrogen and oxygen atoms in total. The zero-order valence-electron chi connectivity index (χ0n) is 11.6. The summed E-state index contributed by atoms with van der Waals surface area (Å²) in [4.78, 5) is 28.0. The van der Waals surface area contributed by atoms with Crippen LogP contribution in [0.2, 0.25) is 0 Å². The van der Waals surface area contributed by atoms with Crippen molar-refractivity contribution in [1.82, 2.24) is 4.98 Å². The number of nitrogens with zero attached hydrogens (tertiary/aromatic N) is 1. The minimum atomic E-state index is -1.57. The van der Waals surface area contributed by atoms with Crippen LogP contribution >= 0.6 is 11.3 Å². The number of carbonyl (C=O) groups excluding carboxylic acids is 1. The maximum Gasteiger partial charge on any atom is 0.324 e. The highest BCUT2D eigenvalue weighted by Crippen LogP contribution is 2.34. The Labute approximate surface area is 116 Å². The van der Waals surface area contributed by atoms with Crippen LogP contribution in [0.25, 0.3) is 0 Å². The molecule has 0 aliphatic heterocycles. The molecule has 0 saturated heterocycles. The zero-order chi connectivity index (χ0) is 14.6. The molecule has 0 bridgehead atoms. The molecule has 0 saturated carbocycles. The molecule has 1 atom stereocenters. The summed E-state index contributed by atoms with van der Waals surface area (Å²) in [5.74, 6) is -2.24. The van der Waals surface area contributed by atoms with E-state index in [4.69, 9.17) is 4.74 Å². The van der Waals surface area contributed by atoms with Crippen molar-refractivity contribution in [3.05, 3.63) is 16.1 Å². The minimum Gasteiger partial charge on any atom is -0.480 e. The lowest BCUT2D eigenvalue weighted by molar-refractivity contribution is -0.172. The van der Waals surface area contributed by atoms with Gasteiger partial charge in [0.2, 0.25) is 0 Å². The standard InChI is InChI=1S/C13H19NO4S/c1-5-18-12(17)13(8(2)3,11(15)16)6-10-7-19-9(4)14-10/h7-8H,5-6H2,1-4H3,(H,15,16). The predicted molar refractivity (Wildman–Crippen MR) is 72.1 cm³/mol. The average molecular weight is 285 g/mol. The number of aromatic nitrogens is 1. The molecule has 0 aromatic carbocycles. The van der Waals surface area contributed by atoms with E-state index in [1.54, 1.807) is 26.2 Å². The summed E-state index contributed by atoms with van der Waals surface area (Å²) in [7, 11) is 0. The Hall–Kier alpha value is -1.43. The second-order valence-corrected chi connectivity index (χ2v) is 5.75. The summed E-state index contributed by atoms with van der Waals surface area (Å²) in [6.07, 6.45) is 0.0587. The van der Waals surface area contributed by atoms with Gasteiger partial charge >= 0.3 is 11.9 Å². The van der Waals surface area contributed by atoms with Crippen LogP contribution in [0.3, 0.4) is 0 Å². The van der Waals surface area contributed by atoms with Gasteiger partial charge in [0, 0.05) is 11.8 Å². The molecule has 0 aliphatic rings. The van der Waals surface area contributed by atoms with E-state index in [0.29, 0.717) is 5.69 Å². The maximum absolute atomic E-state index is 12.1. The van der Waals surface area contributed by atoms with Crippen molar-refractivity contribution in [3.8, 4) is 0 Å². The fourth-order valence-corrected chi connectivity index (χ4v) is 2.57. The zero-order valence-corrected chi connectivity index (χ0v) is 12.4. The van der Waals surface area contributed by atoms with E-state index in [0.717, 1.165) is 5.01 Å². The molecule has 6 heteroatoms. The third-order valence-corrected chi connectivity index (χ3v) is 3.96. The number of carboxylic acid groups (broad SMARTS) is 1. The van der Waals surface area contributed by atoms with E-state index in [1.165, 1.54) is 11.3 Å². The first-order chi connectivity index (χ1) is 8.84. The lowest BCUT2D eigenvalue weighted by Crippen LogP contribution is -2.47. The van der Waals surface area contributed by atoms with E-state index in [2.05, 4.69) is 4.98 Å². The van der Waals surface area contributed by atoms with Gasteiger partial charge in [-0.15, -0.1) is 11.3 Å². The normalized spacial score (nSPS) is 14.2. The molecular formula is C13H19NO4S. The van der Waals surface area contributed by atoms with Crippen molar-refractivity contribution in [2.75, 3.05) is 6.61 Å². The van der Waals surface area contributed by atoms with Crippen molar-refractivity contribution in [3.63, 3.8) is 0 Å². The quantitative estimate of drug-likeness (QED) is 0.641. The number of rotatable bonds is 6. The van der Waals surface area contributed by atoms with Crippen LogP contribution in [0.4, 0.5) is 0 Å².